The van der Waals surface area contributed by atoms with Crippen molar-refractivity contribution in [2.75, 3.05) is 5.32 Å². The largest absolute Gasteiger partial charge is 0.481 e. The molecule has 0 atom stereocenters. The number of rotatable bonds is 5. The highest BCUT2D eigenvalue weighted by Gasteiger charge is 2.12. The van der Waals surface area contributed by atoms with Gasteiger partial charge in [0.15, 0.2) is 5.13 Å². The number of anilines is 1. The lowest BCUT2D eigenvalue weighted by molar-refractivity contribution is -0.136. The standard InChI is InChI=1S/C9H9N5O3S/c15-7(12-9-10-1-2-18-9)5-14-6(3-8(16)17)4-11-13-14/h1-2,4H,3,5H2,(H,16,17)(H,10,12,15). The maximum Gasteiger partial charge on any atom is 0.309 e. The van der Waals surface area contributed by atoms with Gasteiger partial charge in [0.2, 0.25) is 5.91 Å². The first-order valence-corrected chi connectivity index (χ1v) is 5.81. The van der Waals surface area contributed by atoms with E-state index in [0.29, 0.717) is 10.8 Å². The summed E-state index contributed by atoms with van der Waals surface area (Å²) in [4.78, 5) is 26.1. The van der Waals surface area contributed by atoms with Crippen molar-refractivity contribution in [1.82, 2.24) is 20.0 Å². The number of thiazole rings is 1. The van der Waals surface area contributed by atoms with Gasteiger partial charge in [-0.3, -0.25) is 9.59 Å². The molecule has 1 amide bonds. The Balaban J connectivity index is 1.98. The molecule has 2 rings (SSSR count). The molecule has 18 heavy (non-hydrogen) atoms. The topological polar surface area (TPSA) is 110 Å². The van der Waals surface area contributed by atoms with Gasteiger partial charge in [-0.15, -0.1) is 16.4 Å². The van der Waals surface area contributed by atoms with Crippen molar-refractivity contribution in [3.63, 3.8) is 0 Å². The van der Waals surface area contributed by atoms with Crippen molar-refractivity contribution in [2.45, 2.75) is 13.0 Å². The van der Waals surface area contributed by atoms with Gasteiger partial charge in [-0.25, -0.2) is 9.67 Å². The van der Waals surface area contributed by atoms with E-state index in [1.807, 2.05) is 0 Å². The van der Waals surface area contributed by atoms with Crippen LogP contribution in [0.3, 0.4) is 0 Å². The average molecular weight is 267 g/mol. The highest BCUT2D eigenvalue weighted by molar-refractivity contribution is 7.13. The number of aromatic nitrogens is 4. The number of nitrogens with zero attached hydrogens (tertiary/aromatic N) is 4. The van der Waals surface area contributed by atoms with Gasteiger partial charge in [-0.05, 0) is 0 Å². The molecular weight excluding hydrogens is 258 g/mol. The fourth-order valence-electron chi connectivity index (χ4n) is 1.28. The number of hydrogen-bond donors (Lipinski definition) is 2. The zero-order chi connectivity index (χ0) is 13.0. The Hall–Kier alpha value is -2.29. The summed E-state index contributed by atoms with van der Waals surface area (Å²) in [7, 11) is 0. The van der Waals surface area contributed by atoms with Crippen molar-refractivity contribution in [2.24, 2.45) is 0 Å². The summed E-state index contributed by atoms with van der Waals surface area (Å²) < 4.78 is 1.25. The third kappa shape index (κ3) is 3.10. The Kier molecular flexibility index (Phi) is 3.63. The number of aliphatic carboxylic acids is 1. The molecule has 9 heteroatoms. The van der Waals surface area contributed by atoms with E-state index >= 15 is 0 Å². The Bertz CT molecular complexity index is 550. The number of carboxylic acids is 1. The predicted octanol–water partition coefficient (Wildman–Crippen LogP) is 0.000400. The predicted molar refractivity (Wildman–Crippen MR) is 62.1 cm³/mol. The van der Waals surface area contributed by atoms with E-state index in [4.69, 9.17) is 5.11 Å². The Labute approximate surface area is 105 Å². The van der Waals surface area contributed by atoms with Crippen molar-refractivity contribution in [3.8, 4) is 0 Å². The zero-order valence-electron chi connectivity index (χ0n) is 9.11. The first-order chi connectivity index (χ1) is 8.65. The molecule has 0 aliphatic rings. The van der Waals surface area contributed by atoms with Gasteiger partial charge < -0.3 is 10.4 Å². The average Bonchev–Trinajstić information content (AvgIpc) is 2.91. The quantitative estimate of drug-likeness (QED) is 0.789. The second kappa shape index (κ2) is 5.36. The van der Waals surface area contributed by atoms with Crippen LogP contribution in [0.15, 0.2) is 17.8 Å². The van der Waals surface area contributed by atoms with Crippen molar-refractivity contribution in [3.05, 3.63) is 23.5 Å². The number of nitrogens with one attached hydrogen (secondary N) is 1. The number of carbonyl (C=O) groups is 2. The van der Waals surface area contributed by atoms with Crippen molar-refractivity contribution < 1.29 is 14.7 Å². The lowest BCUT2D eigenvalue weighted by Gasteiger charge is -2.04. The van der Waals surface area contributed by atoms with Gasteiger partial charge >= 0.3 is 5.97 Å². The summed E-state index contributed by atoms with van der Waals surface area (Å²) in [6.45, 7) is -0.0950. The van der Waals surface area contributed by atoms with E-state index in [2.05, 4.69) is 20.6 Å². The molecule has 2 heterocycles. The molecule has 2 aromatic rings. The first kappa shape index (κ1) is 12.2. The molecule has 0 fully saturated rings. The minimum atomic E-state index is -1.00. The van der Waals surface area contributed by atoms with Crippen LogP contribution in [-0.2, 0) is 22.6 Å². The fraction of sp³-hybridized carbons (Fsp3) is 0.222. The van der Waals surface area contributed by atoms with E-state index in [1.165, 1.54) is 22.2 Å². The Morgan fingerprint density at radius 1 is 1.50 bits per heavy atom. The molecular formula is C9H9N5O3S. The van der Waals surface area contributed by atoms with Gasteiger partial charge in [0.05, 0.1) is 18.3 Å². The molecule has 0 radical (unpaired) electrons. The molecule has 0 saturated heterocycles. The van der Waals surface area contributed by atoms with Gasteiger partial charge in [0, 0.05) is 11.6 Å². The number of amides is 1. The van der Waals surface area contributed by atoms with Crippen LogP contribution >= 0.6 is 11.3 Å². The van der Waals surface area contributed by atoms with Gasteiger partial charge in [0.1, 0.15) is 6.54 Å². The molecule has 0 aliphatic heterocycles. The minimum Gasteiger partial charge on any atom is -0.481 e. The third-order valence-corrected chi connectivity index (χ3v) is 2.69. The summed E-state index contributed by atoms with van der Waals surface area (Å²) in [5, 5.41) is 20.7. The van der Waals surface area contributed by atoms with Gasteiger partial charge in [-0.1, -0.05) is 5.21 Å². The SMILES string of the molecule is O=C(O)Cc1cnnn1CC(=O)Nc1nccs1. The molecule has 2 N–H and O–H groups in total. The molecule has 0 aliphatic carbocycles. The normalized spacial score (nSPS) is 10.2. The van der Waals surface area contributed by atoms with Crippen LogP contribution in [0.5, 0.6) is 0 Å². The van der Waals surface area contributed by atoms with E-state index in [0.717, 1.165) is 0 Å². The summed E-state index contributed by atoms with van der Waals surface area (Å²) in [6, 6.07) is 0. The van der Waals surface area contributed by atoms with Gasteiger partial charge in [-0.2, -0.15) is 0 Å². The first-order valence-electron chi connectivity index (χ1n) is 4.93. The second-order valence-electron chi connectivity index (χ2n) is 3.34. The molecule has 0 spiro atoms. The summed E-state index contributed by atoms with van der Waals surface area (Å²) in [5.74, 6) is -1.33. The molecule has 2 aromatic heterocycles. The van der Waals surface area contributed by atoms with Crippen LogP contribution in [-0.4, -0.2) is 37.0 Å². The van der Waals surface area contributed by atoms with Crippen LogP contribution in [0.4, 0.5) is 5.13 Å². The maximum atomic E-state index is 11.6. The molecule has 94 valence electrons. The number of hydrogen-bond acceptors (Lipinski definition) is 6. The van der Waals surface area contributed by atoms with E-state index in [1.54, 1.807) is 11.6 Å². The molecule has 0 bridgehead atoms. The summed E-state index contributed by atoms with van der Waals surface area (Å²) in [6.07, 6.45) is 2.67. The second-order valence-corrected chi connectivity index (χ2v) is 4.23. The zero-order valence-corrected chi connectivity index (χ0v) is 9.92. The lowest BCUT2D eigenvalue weighted by atomic mass is 10.3. The van der Waals surface area contributed by atoms with Crippen molar-refractivity contribution in [1.29, 1.82) is 0 Å². The maximum absolute atomic E-state index is 11.6. The van der Waals surface area contributed by atoms with Crippen LogP contribution in [0, 0.1) is 0 Å². The monoisotopic (exact) mass is 267 g/mol. The molecule has 0 unspecified atom stereocenters. The molecule has 0 aromatic carbocycles. The highest BCUT2D eigenvalue weighted by Crippen LogP contribution is 2.10. The Morgan fingerprint density at radius 2 is 2.33 bits per heavy atom. The minimum absolute atomic E-state index is 0.0950. The van der Waals surface area contributed by atoms with Crippen LogP contribution in [0.25, 0.3) is 0 Å². The van der Waals surface area contributed by atoms with E-state index in [9.17, 15) is 9.59 Å². The summed E-state index contributed by atoms with van der Waals surface area (Å²) in [5.41, 5.74) is 0.372. The number of carboxylic acid groups (broad SMARTS) is 1. The van der Waals surface area contributed by atoms with Crippen molar-refractivity contribution >= 4 is 28.3 Å². The lowest BCUT2D eigenvalue weighted by Crippen LogP contribution is -2.21. The van der Waals surface area contributed by atoms with E-state index < -0.39 is 5.97 Å². The highest BCUT2D eigenvalue weighted by atomic mass is 32.1. The van der Waals surface area contributed by atoms with Gasteiger partial charge in [0.25, 0.3) is 0 Å². The smallest absolute Gasteiger partial charge is 0.309 e. The Morgan fingerprint density at radius 3 is 3.00 bits per heavy atom. The van der Waals surface area contributed by atoms with Crippen LogP contribution in [0.1, 0.15) is 5.69 Å². The fourth-order valence-corrected chi connectivity index (χ4v) is 1.83. The third-order valence-electron chi connectivity index (χ3n) is 2.00. The number of carbonyl (C=O) groups excluding carboxylic acids is 1. The van der Waals surface area contributed by atoms with Crippen LogP contribution in [0.2, 0.25) is 0 Å². The van der Waals surface area contributed by atoms with Crippen LogP contribution < -0.4 is 5.32 Å². The van der Waals surface area contributed by atoms with E-state index in [-0.39, 0.29) is 18.9 Å². The molecule has 8 nitrogen and oxygen atoms in total. The summed E-state index contributed by atoms with van der Waals surface area (Å²) >= 11 is 1.30. The molecule has 0 saturated carbocycles.